The van der Waals surface area contributed by atoms with Crippen LogP contribution in [0.1, 0.15) is 45.6 Å². The molecule has 0 bridgehead atoms. The minimum atomic E-state index is -0.793. The number of benzene rings is 1. The number of nitrogens with zero attached hydrogens (tertiary/aromatic N) is 1. The molecule has 1 aliphatic rings. The van der Waals surface area contributed by atoms with Gasteiger partial charge in [0.25, 0.3) is 0 Å². The van der Waals surface area contributed by atoms with E-state index in [0.29, 0.717) is 25.9 Å². The van der Waals surface area contributed by atoms with Crippen molar-refractivity contribution in [3.05, 3.63) is 35.9 Å². The van der Waals surface area contributed by atoms with Crippen molar-refractivity contribution in [3.8, 4) is 0 Å². The highest BCUT2D eigenvalue weighted by molar-refractivity contribution is 5.78. The topological polar surface area (TPSA) is 57.6 Å². The summed E-state index contributed by atoms with van der Waals surface area (Å²) < 4.78 is 0. The number of aliphatic carboxylic acids is 1. The maximum Gasteiger partial charge on any atom is 0.308 e. The number of hydrogen-bond acceptors (Lipinski definition) is 2. The van der Waals surface area contributed by atoms with Crippen LogP contribution in [0.25, 0.3) is 0 Å². The first-order chi connectivity index (χ1) is 10.8. The smallest absolute Gasteiger partial charge is 0.308 e. The second-order valence-corrected chi connectivity index (χ2v) is 7.42. The second kappa shape index (κ2) is 7.16. The third-order valence-electron chi connectivity index (χ3n) is 4.88. The van der Waals surface area contributed by atoms with Gasteiger partial charge in [0.05, 0.1) is 5.92 Å². The highest BCUT2D eigenvalue weighted by Crippen LogP contribution is 2.29. The highest BCUT2D eigenvalue weighted by atomic mass is 16.4. The molecule has 4 heteroatoms. The largest absolute Gasteiger partial charge is 0.481 e. The molecule has 1 saturated heterocycles. The summed E-state index contributed by atoms with van der Waals surface area (Å²) in [5.74, 6) is -0.897. The first-order valence-corrected chi connectivity index (χ1v) is 8.35. The molecule has 0 aromatic heterocycles. The van der Waals surface area contributed by atoms with Crippen molar-refractivity contribution in [3.63, 3.8) is 0 Å². The monoisotopic (exact) mass is 317 g/mol. The van der Waals surface area contributed by atoms with Gasteiger partial charge in [-0.2, -0.15) is 0 Å². The average molecular weight is 317 g/mol. The minimum Gasteiger partial charge on any atom is -0.481 e. The molecular weight excluding hydrogens is 290 g/mol. The Kier molecular flexibility index (Phi) is 5.45. The van der Waals surface area contributed by atoms with E-state index in [9.17, 15) is 14.7 Å². The third-order valence-corrected chi connectivity index (χ3v) is 4.88. The molecule has 1 fully saturated rings. The SMILES string of the molecule is CC1CC(C(=O)O)CN(C(=O)CCC(C)(C)c2ccccc2)C1. The van der Waals surface area contributed by atoms with Gasteiger partial charge in [-0.25, -0.2) is 0 Å². The number of carboxylic acids is 1. The van der Waals surface area contributed by atoms with E-state index in [0.717, 1.165) is 6.42 Å². The predicted octanol–water partition coefficient (Wildman–Crippen LogP) is 3.31. The summed E-state index contributed by atoms with van der Waals surface area (Å²) in [4.78, 5) is 25.5. The van der Waals surface area contributed by atoms with E-state index < -0.39 is 11.9 Å². The molecule has 23 heavy (non-hydrogen) atoms. The van der Waals surface area contributed by atoms with Crippen LogP contribution in [0.3, 0.4) is 0 Å². The number of likely N-dealkylation sites (tertiary alicyclic amines) is 1. The lowest BCUT2D eigenvalue weighted by molar-refractivity contribution is -0.147. The molecule has 1 N–H and O–H groups in total. The predicted molar refractivity (Wildman–Crippen MR) is 90.2 cm³/mol. The maximum atomic E-state index is 12.5. The van der Waals surface area contributed by atoms with Crippen LogP contribution in [0.2, 0.25) is 0 Å². The Bertz CT molecular complexity index is 553. The summed E-state index contributed by atoms with van der Waals surface area (Å²) in [6.07, 6.45) is 1.88. The van der Waals surface area contributed by atoms with E-state index >= 15 is 0 Å². The van der Waals surface area contributed by atoms with Crippen molar-refractivity contribution in [1.29, 1.82) is 0 Å². The normalized spacial score (nSPS) is 22.0. The molecule has 1 amide bonds. The molecule has 1 heterocycles. The average Bonchev–Trinajstić information content (AvgIpc) is 2.53. The van der Waals surface area contributed by atoms with Crippen LogP contribution in [-0.2, 0) is 15.0 Å². The number of piperidine rings is 1. The number of hydrogen-bond donors (Lipinski definition) is 1. The van der Waals surface area contributed by atoms with Gasteiger partial charge >= 0.3 is 5.97 Å². The Morgan fingerprint density at radius 3 is 2.48 bits per heavy atom. The number of carboxylic acid groups (broad SMARTS) is 1. The van der Waals surface area contributed by atoms with Crippen LogP contribution in [-0.4, -0.2) is 35.0 Å². The molecular formula is C19H27NO3. The summed E-state index contributed by atoms with van der Waals surface area (Å²) in [5, 5.41) is 9.23. The van der Waals surface area contributed by atoms with Crippen LogP contribution >= 0.6 is 0 Å². The Balaban J connectivity index is 1.95. The Labute approximate surface area is 138 Å². The van der Waals surface area contributed by atoms with Gasteiger partial charge < -0.3 is 10.0 Å². The van der Waals surface area contributed by atoms with Gasteiger partial charge in [0.1, 0.15) is 0 Å². The Morgan fingerprint density at radius 2 is 1.87 bits per heavy atom. The summed E-state index contributed by atoms with van der Waals surface area (Å²) in [5.41, 5.74) is 1.16. The van der Waals surface area contributed by atoms with Crippen LogP contribution < -0.4 is 0 Å². The van der Waals surface area contributed by atoms with E-state index in [1.165, 1.54) is 5.56 Å². The van der Waals surface area contributed by atoms with Crippen LogP contribution in [0.15, 0.2) is 30.3 Å². The van der Waals surface area contributed by atoms with Gasteiger partial charge in [-0.1, -0.05) is 51.1 Å². The molecule has 2 rings (SSSR count). The van der Waals surface area contributed by atoms with Gasteiger partial charge in [-0.3, -0.25) is 9.59 Å². The summed E-state index contributed by atoms with van der Waals surface area (Å²) in [6.45, 7) is 7.34. The summed E-state index contributed by atoms with van der Waals surface area (Å²) in [6, 6.07) is 10.2. The van der Waals surface area contributed by atoms with Crippen molar-refractivity contribution in [2.45, 2.75) is 45.4 Å². The molecule has 1 aliphatic heterocycles. The van der Waals surface area contributed by atoms with E-state index in [2.05, 4.69) is 26.0 Å². The van der Waals surface area contributed by atoms with E-state index in [1.807, 2.05) is 25.1 Å². The quantitative estimate of drug-likeness (QED) is 0.906. The van der Waals surface area contributed by atoms with Crippen molar-refractivity contribution in [1.82, 2.24) is 4.90 Å². The molecule has 0 spiro atoms. The zero-order valence-electron chi connectivity index (χ0n) is 14.3. The molecule has 1 aromatic carbocycles. The number of amides is 1. The van der Waals surface area contributed by atoms with Gasteiger partial charge in [-0.05, 0) is 29.7 Å². The first-order valence-electron chi connectivity index (χ1n) is 8.35. The highest BCUT2D eigenvalue weighted by Gasteiger charge is 2.32. The standard InChI is InChI=1S/C19H27NO3/c1-14-11-15(18(22)23)13-20(12-14)17(21)9-10-19(2,3)16-7-5-4-6-8-16/h4-8,14-15H,9-13H2,1-3H3,(H,22,23). The van der Waals surface area contributed by atoms with E-state index in [1.54, 1.807) is 4.90 Å². The summed E-state index contributed by atoms with van der Waals surface area (Å²) in [7, 11) is 0. The molecule has 2 unspecified atom stereocenters. The number of carbonyl (C=O) groups is 2. The lowest BCUT2D eigenvalue weighted by Crippen LogP contribution is -2.45. The van der Waals surface area contributed by atoms with Crippen LogP contribution in [0.5, 0.6) is 0 Å². The third kappa shape index (κ3) is 4.57. The van der Waals surface area contributed by atoms with Gasteiger partial charge in [0.2, 0.25) is 5.91 Å². The molecule has 126 valence electrons. The molecule has 0 aliphatic carbocycles. The van der Waals surface area contributed by atoms with Gasteiger partial charge in [0.15, 0.2) is 0 Å². The fourth-order valence-corrected chi connectivity index (χ4v) is 3.35. The fourth-order valence-electron chi connectivity index (χ4n) is 3.35. The second-order valence-electron chi connectivity index (χ2n) is 7.42. The van der Waals surface area contributed by atoms with Crippen molar-refractivity contribution >= 4 is 11.9 Å². The van der Waals surface area contributed by atoms with Crippen molar-refractivity contribution in [2.24, 2.45) is 11.8 Å². The van der Waals surface area contributed by atoms with Crippen LogP contribution in [0, 0.1) is 11.8 Å². The summed E-state index contributed by atoms with van der Waals surface area (Å²) >= 11 is 0. The Morgan fingerprint density at radius 1 is 1.22 bits per heavy atom. The van der Waals surface area contributed by atoms with Gasteiger partial charge in [0, 0.05) is 19.5 Å². The molecule has 1 aromatic rings. The zero-order chi connectivity index (χ0) is 17.0. The lowest BCUT2D eigenvalue weighted by Gasteiger charge is -2.35. The lowest BCUT2D eigenvalue weighted by atomic mass is 9.80. The molecule has 4 nitrogen and oxygen atoms in total. The number of carbonyl (C=O) groups excluding carboxylic acids is 1. The Hall–Kier alpha value is -1.84. The van der Waals surface area contributed by atoms with Crippen molar-refractivity contribution < 1.29 is 14.7 Å². The van der Waals surface area contributed by atoms with E-state index in [4.69, 9.17) is 0 Å². The molecule has 0 radical (unpaired) electrons. The molecule has 0 saturated carbocycles. The van der Waals surface area contributed by atoms with E-state index in [-0.39, 0.29) is 17.2 Å². The molecule has 2 atom stereocenters. The number of rotatable bonds is 5. The zero-order valence-corrected chi connectivity index (χ0v) is 14.3. The minimum absolute atomic E-state index is 0.0650. The fraction of sp³-hybridized carbons (Fsp3) is 0.579. The van der Waals surface area contributed by atoms with Gasteiger partial charge in [-0.15, -0.1) is 0 Å². The van der Waals surface area contributed by atoms with Crippen molar-refractivity contribution in [2.75, 3.05) is 13.1 Å². The maximum absolute atomic E-state index is 12.5. The van der Waals surface area contributed by atoms with Crippen LogP contribution in [0.4, 0.5) is 0 Å². The first kappa shape index (κ1) is 17.5.